The first-order valence-corrected chi connectivity index (χ1v) is 7.49. The van der Waals surface area contributed by atoms with E-state index in [1.54, 1.807) is 24.5 Å². The van der Waals surface area contributed by atoms with Gasteiger partial charge < -0.3 is 10.2 Å². The molecule has 1 aliphatic rings. The molecule has 1 atom stereocenters. The zero-order valence-electron chi connectivity index (χ0n) is 12.6. The predicted octanol–water partition coefficient (Wildman–Crippen LogP) is 2.16. The molecule has 6 heteroatoms. The van der Waals surface area contributed by atoms with E-state index in [0.717, 1.165) is 37.7 Å². The molecule has 3 rings (SSSR count). The van der Waals surface area contributed by atoms with Gasteiger partial charge in [0.05, 0.1) is 11.1 Å². The molecule has 1 fully saturated rings. The monoisotopic (exact) mass is 304 g/mol. The fourth-order valence-electron chi connectivity index (χ4n) is 2.66. The summed E-state index contributed by atoms with van der Waals surface area (Å²) in [4.78, 5) is 10.8. The van der Waals surface area contributed by atoms with Crippen LogP contribution in [0.5, 0.6) is 0 Å². The van der Waals surface area contributed by atoms with E-state index >= 15 is 0 Å². The molecule has 1 unspecified atom stereocenters. The largest absolute Gasteiger partial charge is 0.370 e. The molecule has 0 saturated carbocycles. The van der Waals surface area contributed by atoms with E-state index in [1.807, 2.05) is 12.1 Å². The standard InChI is InChI=1S/C17H16N6/c18-7-13-1-3-16(20-9-13)21-11-15-5-6-23(12-15)17-4-2-14(8-19)10-22-17/h1-4,9-10,15H,5-6,11-12H2,(H,20,21). The molecule has 23 heavy (non-hydrogen) atoms. The Labute approximate surface area is 135 Å². The maximum absolute atomic E-state index is 8.81. The van der Waals surface area contributed by atoms with Gasteiger partial charge in [-0.3, -0.25) is 0 Å². The van der Waals surface area contributed by atoms with Crippen molar-refractivity contribution in [2.75, 3.05) is 29.9 Å². The lowest BCUT2D eigenvalue weighted by Crippen LogP contribution is -2.23. The summed E-state index contributed by atoms with van der Waals surface area (Å²) in [6.07, 6.45) is 4.27. The molecule has 114 valence electrons. The van der Waals surface area contributed by atoms with Crippen LogP contribution in [0.1, 0.15) is 17.5 Å². The molecule has 0 radical (unpaired) electrons. The van der Waals surface area contributed by atoms with Crippen molar-refractivity contribution in [3.8, 4) is 12.1 Å². The van der Waals surface area contributed by atoms with Crippen LogP contribution < -0.4 is 10.2 Å². The van der Waals surface area contributed by atoms with E-state index in [2.05, 4.69) is 32.3 Å². The summed E-state index contributed by atoms with van der Waals surface area (Å²) in [6.45, 7) is 2.74. The van der Waals surface area contributed by atoms with Crippen molar-refractivity contribution < 1.29 is 0 Å². The van der Waals surface area contributed by atoms with Crippen LogP contribution in [-0.2, 0) is 0 Å². The van der Waals surface area contributed by atoms with Gasteiger partial charge in [-0.15, -0.1) is 0 Å². The molecule has 0 spiro atoms. The van der Waals surface area contributed by atoms with Gasteiger partial charge in [0.1, 0.15) is 23.8 Å². The van der Waals surface area contributed by atoms with E-state index in [1.165, 1.54) is 0 Å². The maximum Gasteiger partial charge on any atom is 0.128 e. The molecule has 3 heterocycles. The minimum absolute atomic E-state index is 0.518. The summed E-state index contributed by atoms with van der Waals surface area (Å²) < 4.78 is 0. The van der Waals surface area contributed by atoms with Gasteiger partial charge >= 0.3 is 0 Å². The van der Waals surface area contributed by atoms with Gasteiger partial charge in [0.25, 0.3) is 0 Å². The molecule has 6 nitrogen and oxygen atoms in total. The summed E-state index contributed by atoms with van der Waals surface area (Å²) in [7, 11) is 0. The normalized spacial score (nSPS) is 16.6. The molecule has 0 bridgehead atoms. The lowest BCUT2D eigenvalue weighted by Gasteiger charge is -2.17. The second-order valence-electron chi connectivity index (χ2n) is 5.54. The van der Waals surface area contributed by atoms with Crippen LogP contribution >= 0.6 is 0 Å². The third kappa shape index (κ3) is 3.56. The molecule has 1 aliphatic heterocycles. The van der Waals surface area contributed by atoms with Crippen molar-refractivity contribution in [3.05, 3.63) is 47.8 Å². The molecular formula is C17H16N6. The zero-order valence-corrected chi connectivity index (χ0v) is 12.6. The van der Waals surface area contributed by atoms with Crippen LogP contribution in [-0.4, -0.2) is 29.6 Å². The van der Waals surface area contributed by atoms with Crippen LogP contribution in [0.2, 0.25) is 0 Å². The van der Waals surface area contributed by atoms with E-state index in [-0.39, 0.29) is 0 Å². The Balaban J connectivity index is 1.53. The van der Waals surface area contributed by atoms with Crippen molar-refractivity contribution in [2.24, 2.45) is 5.92 Å². The number of pyridine rings is 2. The molecular weight excluding hydrogens is 288 g/mol. The van der Waals surface area contributed by atoms with Crippen molar-refractivity contribution in [1.29, 1.82) is 10.5 Å². The summed E-state index contributed by atoms with van der Waals surface area (Å²) in [5.74, 6) is 2.23. The first kappa shape index (κ1) is 14.8. The number of nitrogens with one attached hydrogen (secondary N) is 1. The Morgan fingerprint density at radius 1 is 1.09 bits per heavy atom. The quantitative estimate of drug-likeness (QED) is 0.931. The first-order valence-electron chi connectivity index (χ1n) is 7.49. The molecule has 1 saturated heterocycles. The average molecular weight is 304 g/mol. The maximum atomic E-state index is 8.81. The van der Waals surface area contributed by atoms with Crippen LogP contribution in [0.15, 0.2) is 36.7 Å². The summed E-state index contributed by atoms with van der Waals surface area (Å²) >= 11 is 0. The van der Waals surface area contributed by atoms with Crippen molar-refractivity contribution in [2.45, 2.75) is 6.42 Å². The number of aromatic nitrogens is 2. The Hall–Kier alpha value is -3.12. The summed E-state index contributed by atoms with van der Waals surface area (Å²) in [5, 5.41) is 20.9. The van der Waals surface area contributed by atoms with Gasteiger partial charge in [-0.05, 0) is 36.6 Å². The van der Waals surface area contributed by atoms with Crippen LogP contribution in [0.3, 0.4) is 0 Å². The number of nitrogens with zero attached hydrogens (tertiary/aromatic N) is 5. The van der Waals surface area contributed by atoms with E-state index < -0.39 is 0 Å². The Bertz CT molecular complexity index is 739. The number of anilines is 2. The van der Waals surface area contributed by atoms with Gasteiger partial charge in [0, 0.05) is 32.0 Å². The highest BCUT2D eigenvalue weighted by molar-refractivity contribution is 5.43. The number of nitriles is 2. The second-order valence-corrected chi connectivity index (χ2v) is 5.54. The third-order valence-electron chi connectivity index (χ3n) is 3.95. The highest BCUT2D eigenvalue weighted by Gasteiger charge is 2.23. The fourth-order valence-corrected chi connectivity index (χ4v) is 2.66. The smallest absolute Gasteiger partial charge is 0.128 e. The van der Waals surface area contributed by atoms with Gasteiger partial charge in [-0.1, -0.05) is 0 Å². The van der Waals surface area contributed by atoms with E-state index in [4.69, 9.17) is 10.5 Å². The molecule has 1 N–H and O–H groups in total. The molecule has 0 amide bonds. The predicted molar refractivity (Wildman–Crippen MR) is 86.7 cm³/mol. The summed E-state index contributed by atoms with van der Waals surface area (Å²) in [6, 6.07) is 11.4. The van der Waals surface area contributed by atoms with Crippen LogP contribution in [0, 0.1) is 28.6 Å². The SMILES string of the molecule is N#Cc1ccc(NCC2CCN(c3ccc(C#N)cn3)C2)nc1. The van der Waals surface area contributed by atoms with Gasteiger partial charge in [-0.2, -0.15) is 10.5 Å². The van der Waals surface area contributed by atoms with Crippen LogP contribution in [0.25, 0.3) is 0 Å². The minimum atomic E-state index is 0.518. The Kier molecular flexibility index (Phi) is 4.35. The van der Waals surface area contributed by atoms with Gasteiger partial charge in [-0.25, -0.2) is 9.97 Å². The van der Waals surface area contributed by atoms with Crippen molar-refractivity contribution >= 4 is 11.6 Å². The lowest BCUT2D eigenvalue weighted by molar-refractivity contribution is 0.621. The molecule has 0 aromatic carbocycles. The Morgan fingerprint density at radius 3 is 2.43 bits per heavy atom. The second kappa shape index (κ2) is 6.76. The fraction of sp³-hybridized carbons (Fsp3) is 0.294. The number of rotatable bonds is 4. The van der Waals surface area contributed by atoms with Crippen molar-refractivity contribution in [3.63, 3.8) is 0 Å². The first-order chi connectivity index (χ1) is 11.3. The number of hydrogen-bond acceptors (Lipinski definition) is 6. The highest BCUT2D eigenvalue weighted by Crippen LogP contribution is 2.22. The van der Waals surface area contributed by atoms with Crippen LogP contribution in [0.4, 0.5) is 11.6 Å². The highest BCUT2D eigenvalue weighted by atomic mass is 15.2. The van der Waals surface area contributed by atoms with E-state index in [0.29, 0.717) is 17.0 Å². The molecule has 2 aromatic heterocycles. The molecule has 2 aromatic rings. The number of hydrogen-bond donors (Lipinski definition) is 1. The topological polar surface area (TPSA) is 88.6 Å². The molecule has 0 aliphatic carbocycles. The van der Waals surface area contributed by atoms with Gasteiger partial charge in [0.15, 0.2) is 0 Å². The van der Waals surface area contributed by atoms with Crippen molar-refractivity contribution in [1.82, 2.24) is 9.97 Å². The zero-order chi connectivity index (χ0) is 16.1. The average Bonchev–Trinajstić information content (AvgIpc) is 3.09. The summed E-state index contributed by atoms with van der Waals surface area (Å²) in [5.41, 5.74) is 1.15. The third-order valence-corrected chi connectivity index (χ3v) is 3.95. The van der Waals surface area contributed by atoms with Gasteiger partial charge in [0.2, 0.25) is 0 Å². The lowest BCUT2D eigenvalue weighted by atomic mass is 10.1. The van der Waals surface area contributed by atoms with E-state index in [9.17, 15) is 0 Å². The Morgan fingerprint density at radius 2 is 1.83 bits per heavy atom. The minimum Gasteiger partial charge on any atom is -0.370 e.